The van der Waals surface area contributed by atoms with Crippen LogP contribution in [0.15, 0.2) is 0 Å². The molecule has 17 heavy (non-hydrogen) atoms. The number of rotatable bonds is 2. The van der Waals surface area contributed by atoms with Gasteiger partial charge >= 0.3 is 0 Å². The quantitative estimate of drug-likeness (QED) is 0.714. The summed E-state index contributed by atoms with van der Waals surface area (Å²) >= 11 is 3.56. The van der Waals surface area contributed by atoms with E-state index in [0.717, 1.165) is 30.6 Å². The Morgan fingerprint density at radius 3 is 2.53 bits per heavy atom. The molecule has 0 aromatic carbocycles. The van der Waals surface area contributed by atoms with E-state index in [1.807, 2.05) is 0 Å². The molecule has 2 nitrogen and oxygen atoms in total. The number of hydrogen-bond donors (Lipinski definition) is 0. The van der Waals surface area contributed by atoms with Gasteiger partial charge in [0.2, 0.25) is 5.91 Å². The van der Waals surface area contributed by atoms with Crippen LogP contribution < -0.4 is 0 Å². The Morgan fingerprint density at radius 2 is 1.88 bits per heavy atom. The zero-order chi connectivity index (χ0) is 12.3. The third-order valence-electron chi connectivity index (χ3n) is 4.45. The van der Waals surface area contributed by atoms with Crippen molar-refractivity contribution in [3.8, 4) is 0 Å². The van der Waals surface area contributed by atoms with Gasteiger partial charge in [0.25, 0.3) is 0 Å². The first-order valence-electron chi connectivity index (χ1n) is 7.08. The van der Waals surface area contributed by atoms with Crippen LogP contribution in [0, 0.1) is 11.8 Å². The van der Waals surface area contributed by atoms with Crippen molar-refractivity contribution in [2.75, 3.05) is 11.9 Å². The molecule has 0 radical (unpaired) electrons. The van der Waals surface area contributed by atoms with Gasteiger partial charge in [-0.15, -0.1) is 0 Å². The summed E-state index contributed by atoms with van der Waals surface area (Å²) < 4.78 is 0. The zero-order valence-electron chi connectivity index (χ0n) is 10.8. The second kappa shape index (κ2) is 6.21. The summed E-state index contributed by atoms with van der Waals surface area (Å²) in [4.78, 5) is 14.7. The minimum atomic E-state index is 0.325. The van der Waals surface area contributed by atoms with Crippen molar-refractivity contribution in [3.63, 3.8) is 0 Å². The highest BCUT2D eigenvalue weighted by Gasteiger charge is 2.32. The van der Waals surface area contributed by atoms with Crippen LogP contribution in [-0.4, -0.2) is 28.7 Å². The molecule has 1 aliphatic carbocycles. The number of carbonyl (C=O) groups is 1. The number of alkyl halides is 1. The fourth-order valence-corrected chi connectivity index (χ4v) is 3.87. The van der Waals surface area contributed by atoms with E-state index in [9.17, 15) is 4.79 Å². The highest BCUT2D eigenvalue weighted by molar-refractivity contribution is 9.09. The number of carbonyl (C=O) groups excluding carboxylic acids is 1. The number of likely N-dealkylation sites (tertiary alicyclic amines) is 1. The maximum atomic E-state index is 12.5. The van der Waals surface area contributed by atoms with Crippen LogP contribution in [0.5, 0.6) is 0 Å². The van der Waals surface area contributed by atoms with Crippen molar-refractivity contribution >= 4 is 21.8 Å². The van der Waals surface area contributed by atoms with Gasteiger partial charge in [0, 0.05) is 23.8 Å². The highest BCUT2D eigenvalue weighted by atomic mass is 79.9. The Hall–Kier alpha value is -0.0500. The van der Waals surface area contributed by atoms with Crippen molar-refractivity contribution in [1.82, 2.24) is 4.90 Å². The molecule has 1 saturated carbocycles. The van der Waals surface area contributed by atoms with Gasteiger partial charge in [-0.1, -0.05) is 22.9 Å². The molecule has 1 saturated heterocycles. The first-order valence-corrected chi connectivity index (χ1v) is 8.21. The van der Waals surface area contributed by atoms with Crippen LogP contribution in [0.2, 0.25) is 0 Å². The largest absolute Gasteiger partial charge is 0.339 e. The lowest BCUT2D eigenvalue weighted by molar-refractivity contribution is -0.140. The summed E-state index contributed by atoms with van der Waals surface area (Å²) in [7, 11) is 0. The summed E-state index contributed by atoms with van der Waals surface area (Å²) in [5.41, 5.74) is 0. The maximum Gasteiger partial charge on any atom is 0.225 e. The molecule has 98 valence electrons. The molecular weight excluding hydrogens is 278 g/mol. The second-order valence-electron chi connectivity index (χ2n) is 5.79. The lowest BCUT2D eigenvalue weighted by Gasteiger charge is -2.38. The van der Waals surface area contributed by atoms with Crippen molar-refractivity contribution in [2.24, 2.45) is 11.8 Å². The molecule has 3 heteroatoms. The molecule has 1 heterocycles. The van der Waals surface area contributed by atoms with E-state index in [0.29, 0.717) is 17.9 Å². The minimum Gasteiger partial charge on any atom is -0.339 e. The van der Waals surface area contributed by atoms with Crippen LogP contribution in [0.25, 0.3) is 0 Å². The zero-order valence-corrected chi connectivity index (χ0v) is 12.4. The monoisotopic (exact) mass is 301 g/mol. The second-order valence-corrected chi connectivity index (χ2v) is 6.44. The van der Waals surface area contributed by atoms with Crippen LogP contribution in [0.4, 0.5) is 0 Å². The molecule has 0 bridgehead atoms. The molecule has 1 atom stereocenters. The van der Waals surface area contributed by atoms with Crippen LogP contribution in [-0.2, 0) is 4.79 Å². The molecule has 0 N–H and O–H groups in total. The fourth-order valence-electron chi connectivity index (χ4n) is 3.19. The van der Waals surface area contributed by atoms with Gasteiger partial charge in [-0.3, -0.25) is 4.79 Å². The average molecular weight is 302 g/mol. The van der Waals surface area contributed by atoms with E-state index < -0.39 is 0 Å². The average Bonchev–Trinajstić information content (AvgIpc) is 2.39. The Bertz CT molecular complexity index is 261. The van der Waals surface area contributed by atoms with E-state index in [-0.39, 0.29) is 0 Å². The van der Waals surface area contributed by atoms with Crippen LogP contribution in [0.1, 0.15) is 51.9 Å². The van der Waals surface area contributed by atoms with E-state index in [1.165, 1.54) is 32.1 Å². The van der Waals surface area contributed by atoms with E-state index in [1.54, 1.807) is 0 Å². The third-order valence-corrected chi connectivity index (χ3v) is 5.20. The predicted octanol–water partition coefficient (Wildman–Crippen LogP) is 3.59. The van der Waals surface area contributed by atoms with Gasteiger partial charge < -0.3 is 4.90 Å². The van der Waals surface area contributed by atoms with Crippen LogP contribution >= 0.6 is 15.9 Å². The summed E-state index contributed by atoms with van der Waals surface area (Å²) in [6.07, 6.45) is 8.36. The predicted molar refractivity (Wildman–Crippen MR) is 74.3 cm³/mol. The number of nitrogens with zero attached hydrogens (tertiary/aromatic N) is 1. The van der Waals surface area contributed by atoms with Gasteiger partial charge in [0.05, 0.1) is 0 Å². The molecule has 2 fully saturated rings. The van der Waals surface area contributed by atoms with E-state index in [4.69, 9.17) is 0 Å². The molecule has 1 amide bonds. The van der Waals surface area contributed by atoms with Gasteiger partial charge in [0.15, 0.2) is 0 Å². The summed E-state index contributed by atoms with van der Waals surface area (Å²) in [6, 6.07) is 0.454. The minimum absolute atomic E-state index is 0.325. The summed E-state index contributed by atoms with van der Waals surface area (Å²) in [6.45, 7) is 3.30. The number of amides is 1. The molecule has 2 aliphatic rings. The normalized spacial score (nSPS) is 34.7. The molecule has 1 unspecified atom stereocenters. The molecule has 1 aliphatic heterocycles. The Balaban J connectivity index is 1.93. The van der Waals surface area contributed by atoms with Crippen molar-refractivity contribution in [2.45, 2.75) is 57.9 Å². The molecule has 0 spiro atoms. The Kier molecular flexibility index (Phi) is 4.89. The molecule has 2 rings (SSSR count). The lowest BCUT2D eigenvalue weighted by Crippen LogP contribution is -2.47. The van der Waals surface area contributed by atoms with Gasteiger partial charge in [-0.05, 0) is 50.9 Å². The Labute approximate surface area is 113 Å². The van der Waals surface area contributed by atoms with E-state index >= 15 is 0 Å². The maximum absolute atomic E-state index is 12.5. The van der Waals surface area contributed by atoms with Gasteiger partial charge in [0.1, 0.15) is 0 Å². The van der Waals surface area contributed by atoms with Gasteiger partial charge in [-0.2, -0.15) is 0 Å². The number of halogens is 1. The summed E-state index contributed by atoms with van der Waals surface area (Å²) in [5.74, 6) is 1.60. The number of hydrogen-bond acceptors (Lipinski definition) is 1. The topological polar surface area (TPSA) is 20.3 Å². The SMILES string of the molecule is CC1CCC(C(=O)N2CCCCC2CBr)CC1. The van der Waals surface area contributed by atoms with Gasteiger partial charge in [-0.25, -0.2) is 0 Å². The number of piperidine rings is 1. The third kappa shape index (κ3) is 3.24. The molecule has 0 aromatic heterocycles. The van der Waals surface area contributed by atoms with Crippen molar-refractivity contribution in [1.29, 1.82) is 0 Å². The fraction of sp³-hybridized carbons (Fsp3) is 0.929. The first-order chi connectivity index (χ1) is 8.22. The van der Waals surface area contributed by atoms with Crippen LogP contribution in [0.3, 0.4) is 0 Å². The van der Waals surface area contributed by atoms with Crippen molar-refractivity contribution in [3.05, 3.63) is 0 Å². The van der Waals surface area contributed by atoms with Crippen molar-refractivity contribution < 1.29 is 4.79 Å². The van der Waals surface area contributed by atoms with E-state index in [2.05, 4.69) is 27.8 Å². The lowest BCUT2D eigenvalue weighted by atomic mass is 9.82. The smallest absolute Gasteiger partial charge is 0.225 e. The Morgan fingerprint density at radius 1 is 1.18 bits per heavy atom. The highest BCUT2D eigenvalue weighted by Crippen LogP contribution is 2.31. The standard InChI is InChI=1S/C14H24BrNO/c1-11-5-7-12(8-6-11)14(17)16-9-3-2-4-13(16)10-15/h11-13H,2-10H2,1H3. The summed E-state index contributed by atoms with van der Waals surface area (Å²) in [5, 5.41) is 0.946. The molecular formula is C14H24BrNO. The molecule has 0 aromatic rings. The first kappa shape index (κ1) is 13.4.